The largest absolute Gasteiger partial charge is 0.259 e. The molecular formula is C7H5ClNO2-. The second kappa shape index (κ2) is 3.25. The topological polar surface area (TPSA) is 43.1 Å². The molecule has 0 radical (unpaired) electrons. The summed E-state index contributed by atoms with van der Waals surface area (Å²) < 4.78 is 0. The lowest BCUT2D eigenvalue weighted by molar-refractivity contribution is -0.384. The molecule has 0 saturated heterocycles. The lowest BCUT2D eigenvalue weighted by atomic mass is 10.2. The standard InChI is InChI=1S/C7H5ClNO2/c8-5-6-2-1-3-7(4-6)9(10)11/h1-5H/q-1. The number of halogens is 1. The number of nitrogens with zero attached hydrogens (tertiary/aromatic N) is 1. The van der Waals surface area contributed by atoms with Gasteiger partial charge in [-0.15, -0.1) is 6.07 Å². The molecule has 1 aromatic rings. The van der Waals surface area contributed by atoms with E-state index in [-0.39, 0.29) is 5.69 Å². The Kier molecular flexibility index (Phi) is 2.33. The van der Waals surface area contributed by atoms with Crippen LogP contribution in [-0.2, 0) is 0 Å². The molecule has 3 nitrogen and oxygen atoms in total. The molecule has 11 heavy (non-hydrogen) atoms. The highest BCUT2D eigenvalue weighted by atomic mass is 35.5. The second-order valence-corrected chi connectivity index (χ2v) is 2.18. The number of benzene rings is 1. The van der Waals surface area contributed by atoms with Crippen LogP contribution in [0.2, 0.25) is 0 Å². The Morgan fingerprint density at radius 2 is 2.27 bits per heavy atom. The van der Waals surface area contributed by atoms with Crippen LogP contribution in [0.4, 0.5) is 5.69 Å². The van der Waals surface area contributed by atoms with Crippen LogP contribution < -0.4 is 0 Å². The summed E-state index contributed by atoms with van der Waals surface area (Å²) in [5, 5.41) is 10.2. The zero-order valence-electron chi connectivity index (χ0n) is 5.53. The van der Waals surface area contributed by atoms with Gasteiger partial charge in [0.2, 0.25) is 5.69 Å². The SMILES string of the molecule is O=[N+]([O-])c1cccc([CH-]Cl)c1. The van der Waals surface area contributed by atoms with Crippen molar-refractivity contribution in [2.75, 3.05) is 0 Å². The van der Waals surface area contributed by atoms with Crippen molar-refractivity contribution in [3.8, 4) is 0 Å². The van der Waals surface area contributed by atoms with Gasteiger partial charge < -0.3 is 0 Å². The van der Waals surface area contributed by atoms with Gasteiger partial charge in [0.25, 0.3) is 0 Å². The molecule has 0 aliphatic heterocycles. The summed E-state index contributed by atoms with van der Waals surface area (Å²) in [4.78, 5) is 9.76. The molecule has 0 heterocycles. The molecule has 0 spiro atoms. The summed E-state index contributed by atoms with van der Waals surface area (Å²) in [5.74, 6) is 1.30. The Hall–Kier alpha value is -1.22. The maximum absolute atomic E-state index is 10.2. The lowest BCUT2D eigenvalue weighted by Gasteiger charge is -2.02. The van der Waals surface area contributed by atoms with Crippen LogP contribution in [0.5, 0.6) is 0 Å². The molecule has 0 N–H and O–H groups in total. The van der Waals surface area contributed by atoms with E-state index < -0.39 is 4.92 Å². The summed E-state index contributed by atoms with van der Waals surface area (Å²) in [5.41, 5.74) is 0.695. The summed E-state index contributed by atoms with van der Waals surface area (Å²) in [6.07, 6.45) is 0. The van der Waals surface area contributed by atoms with Crippen molar-refractivity contribution in [3.05, 3.63) is 45.8 Å². The molecule has 1 rings (SSSR count). The zero-order valence-corrected chi connectivity index (χ0v) is 6.28. The Morgan fingerprint density at radius 1 is 1.55 bits per heavy atom. The van der Waals surface area contributed by atoms with Gasteiger partial charge in [-0.3, -0.25) is 10.1 Å². The minimum absolute atomic E-state index is 0.0550. The van der Waals surface area contributed by atoms with Crippen molar-refractivity contribution in [2.45, 2.75) is 0 Å². The molecule has 0 aliphatic carbocycles. The van der Waals surface area contributed by atoms with Crippen molar-refractivity contribution in [1.82, 2.24) is 0 Å². The predicted molar refractivity (Wildman–Crippen MR) is 42.4 cm³/mol. The van der Waals surface area contributed by atoms with E-state index in [1.165, 1.54) is 18.0 Å². The van der Waals surface area contributed by atoms with Crippen molar-refractivity contribution < 1.29 is 4.92 Å². The van der Waals surface area contributed by atoms with Crippen LogP contribution in [0.1, 0.15) is 5.56 Å². The van der Waals surface area contributed by atoms with Crippen LogP contribution in [0.25, 0.3) is 0 Å². The van der Waals surface area contributed by atoms with Crippen LogP contribution >= 0.6 is 11.6 Å². The van der Waals surface area contributed by atoms with Gasteiger partial charge in [-0.05, 0) is 6.07 Å². The van der Waals surface area contributed by atoms with E-state index in [0.29, 0.717) is 5.56 Å². The molecule has 0 unspecified atom stereocenters. The first-order valence-electron chi connectivity index (χ1n) is 2.92. The normalized spacial score (nSPS) is 9.18. The molecule has 0 bridgehead atoms. The third-order valence-corrected chi connectivity index (χ3v) is 1.46. The van der Waals surface area contributed by atoms with E-state index in [1.807, 2.05) is 0 Å². The fraction of sp³-hybridized carbons (Fsp3) is 0. The van der Waals surface area contributed by atoms with Gasteiger partial charge >= 0.3 is 0 Å². The molecule has 0 amide bonds. The second-order valence-electron chi connectivity index (χ2n) is 1.96. The Balaban J connectivity index is 3.01. The van der Waals surface area contributed by atoms with Gasteiger partial charge in [-0.2, -0.15) is 23.2 Å². The van der Waals surface area contributed by atoms with Gasteiger partial charge in [-0.1, -0.05) is 11.9 Å². The third-order valence-electron chi connectivity index (χ3n) is 1.21. The highest BCUT2D eigenvalue weighted by molar-refractivity contribution is 6.25. The van der Waals surface area contributed by atoms with E-state index in [4.69, 9.17) is 11.6 Å². The summed E-state index contributed by atoms with van der Waals surface area (Å²) in [6.45, 7) is 0. The molecule has 1 aromatic carbocycles. The molecule has 0 atom stereocenters. The first-order valence-corrected chi connectivity index (χ1v) is 3.35. The van der Waals surface area contributed by atoms with Crippen LogP contribution in [0.15, 0.2) is 24.3 Å². The van der Waals surface area contributed by atoms with E-state index >= 15 is 0 Å². The Bertz CT molecular complexity index is 275. The maximum Gasteiger partial charge on any atom is 0.216 e. The Morgan fingerprint density at radius 3 is 2.82 bits per heavy atom. The van der Waals surface area contributed by atoms with Crippen molar-refractivity contribution in [1.29, 1.82) is 0 Å². The van der Waals surface area contributed by atoms with E-state index in [0.717, 1.165) is 0 Å². The quantitative estimate of drug-likeness (QED) is 0.389. The first-order chi connectivity index (χ1) is 5.24. The van der Waals surface area contributed by atoms with E-state index in [1.54, 1.807) is 12.1 Å². The van der Waals surface area contributed by atoms with Gasteiger partial charge in [0.05, 0.1) is 0 Å². The molecule has 0 saturated carbocycles. The number of non-ortho nitro benzene ring substituents is 1. The number of nitro groups is 1. The summed E-state index contributed by atoms with van der Waals surface area (Å²) in [7, 11) is 0. The van der Waals surface area contributed by atoms with E-state index in [2.05, 4.69) is 0 Å². The van der Waals surface area contributed by atoms with Crippen LogP contribution in [0.3, 0.4) is 0 Å². The van der Waals surface area contributed by atoms with Crippen LogP contribution in [-0.4, -0.2) is 4.92 Å². The van der Waals surface area contributed by atoms with Crippen molar-refractivity contribution in [3.63, 3.8) is 0 Å². The molecule has 0 aromatic heterocycles. The van der Waals surface area contributed by atoms with Gasteiger partial charge in [0, 0.05) is 4.92 Å². The molecule has 0 aliphatic rings. The minimum Gasteiger partial charge on any atom is -0.259 e. The average molecular weight is 171 g/mol. The highest BCUT2D eigenvalue weighted by Crippen LogP contribution is 2.14. The lowest BCUT2D eigenvalue weighted by Crippen LogP contribution is -1.87. The molecule has 4 heteroatoms. The highest BCUT2D eigenvalue weighted by Gasteiger charge is 1.97. The minimum atomic E-state index is -0.454. The van der Waals surface area contributed by atoms with Crippen molar-refractivity contribution >= 4 is 17.3 Å². The predicted octanol–water partition coefficient (Wildman–Crippen LogP) is 2.34. The van der Waals surface area contributed by atoms with Gasteiger partial charge in [0.1, 0.15) is 0 Å². The molecule has 0 fully saturated rings. The molecular weight excluding hydrogens is 166 g/mol. The van der Waals surface area contributed by atoms with Gasteiger partial charge in [-0.25, -0.2) is 0 Å². The summed E-state index contributed by atoms with van der Waals surface area (Å²) in [6, 6.07) is 6.11. The smallest absolute Gasteiger partial charge is 0.216 e. The summed E-state index contributed by atoms with van der Waals surface area (Å²) >= 11 is 5.36. The average Bonchev–Trinajstić information content (AvgIpc) is 2.05. The fourth-order valence-electron chi connectivity index (χ4n) is 0.706. The fourth-order valence-corrected chi connectivity index (χ4v) is 0.842. The molecule has 58 valence electrons. The number of nitro benzene ring substituents is 1. The van der Waals surface area contributed by atoms with Crippen LogP contribution in [0, 0.1) is 16.0 Å². The Labute approximate surface area is 68.8 Å². The number of hydrogen-bond donors (Lipinski definition) is 0. The third kappa shape index (κ3) is 1.85. The first kappa shape index (κ1) is 7.88. The zero-order chi connectivity index (χ0) is 8.27. The van der Waals surface area contributed by atoms with Crippen molar-refractivity contribution in [2.24, 2.45) is 0 Å². The monoisotopic (exact) mass is 170 g/mol. The number of rotatable bonds is 2. The van der Waals surface area contributed by atoms with E-state index in [9.17, 15) is 10.1 Å². The van der Waals surface area contributed by atoms with Gasteiger partial charge in [0.15, 0.2) is 0 Å². The maximum atomic E-state index is 10.2. The number of hydrogen-bond acceptors (Lipinski definition) is 2.